The number of aromatic nitrogens is 5. The molecule has 1 aliphatic carbocycles. The summed E-state index contributed by atoms with van der Waals surface area (Å²) < 4.78 is 0. The van der Waals surface area contributed by atoms with Crippen LogP contribution in [0.1, 0.15) is 60.8 Å². The van der Waals surface area contributed by atoms with Gasteiger partial charge in [0.25, 0.3) is 5.56 Å². The van der Waals surface area contributed by atoms with Gasteiger partial charge in [-0.3, -0.25) is 24.8 Å². The molecule has 1 saturated carbocycles. The van der Waals surface area contributed by atoms with Gasteiger partial charge >= 0.3 is 0 Å². The van der Waals surface area contributed by atoms with Crippen molar-refractivity contribution in [3.05, 3.63) is 57.2 Å². The Hall–Kier alpha value is -2.67. The number of hydrogen-bond donors (Lipinski definition) is 3. The predicted octanol–water partition coefficient (Wildman–Crippen LogP) is 3.11. The van der Waals surface area contributed by atoms with Crippen LogP contribution < -0.4 is 5.56 Å². The van der Waals surface area contributed by atoms with Crippen LogP contribution in [0.25, 0.3) is 11.3 Å². The number of aryl methyl sites for hydroxylation is 1. The summed E-state index contributed by atoms with van der Waals surface area (Å²) in [5.41, 5.74) is 7.19. The lowest BCUT2D eigenvalue weighted by Gasteiger charge is -2.19. The zero-order chi connectivity index (χ0) is 19.7. The van der Waals surface area contributed by atoms with Gasteiger partial charge in [-0.05, 0) is 49.9 Å². The van der Waals surface area contributed by atoms with E-state index < -0.39 is 0 Å². The highest BCUT2D eigenvalue weighted by atomic mass is 16.1. The topological polar surface area (TPSA) is 93.5 Å². The van der Waals surface area contributed by atoms with Crippen molar-refractivity contribution >= 4 is 0 Å². The first kappa shape index (κ1) is 18.7. The smallest absolute Gasteiger partial charge is 0.273 e. The van der Waals surface area contributed by atoms with Gasteiger partial charge in [-0.25, -0.2) is 0 Å². The summed E-state index contributed by atoms with van der Waals surface area (Å²) in [6, 6.07) is 0. The highest BCUT2D eigenvalue weighted by Gasteiger charge is 2.32. The van der Waals surface area contributed by atoms with E-state index in [0.717, 1.165) is 25.3 Å². The Bertz CT molecular complexity index is 1010. The molecule has 3 aromatic heterocycles. The fourth-order valence-electron chi connectivity index (χ4n) is 4.00. The van der Waals surface area contributed by atoms with Gasteiger partial charge in [-0.2, -0.15) is 0 Å². The molecule has 7 nitrogen and oxygen atoms in total. The van der Waals surface area contributed by atoms with E-state index in [0.29, 0.717) is 23.6 Å². The van der Waals surface area contributed by atoms with Gasteiger partial charge in [0.2, 0.25) is 0 Å². The Morgan fingerprint density at radius 1 is 1.18 bits per heavy atom. The summed E-state index contributed by atoms with van der Waals surface area (Å²) in [6.07, 6.45) is 8.14. The summed E-state index contributed by atoms with van der Waals surface area (Å²) in [7, 11) is 0. The van der Waals surface area contributed by atoms with Gasteiger partial charge in [0.05, 0.1) is 17.0 Å². The Labute approximate surface area is 164 Å². The van der Waals surface area contributed by atoms with Crippen molar-refractivity contribution in [3.63, 3.8) is 0 Å². The van der Waals surface area contributed by atoms with E-state index in [1.165, 1.54) is 35.4 Å². The van der Waals surface area contributed by atoms with Crippen molar-refractivity contribution in [1.29, 1.82) is 0 Å². The molecule has 7 heteroatoms. The molecule has 4 rings (SSSR count). The lowest BCUT2D eigenvalue weighted by atomic mass is 10.00. The Balaban J connectivity index is 1.72. The second-order valence-corrected chi connectivity index (χ2v) is 7.54. The van der Waals surface area contributed by atoms with Crippen LogP contribution in [0.3, 0.4) is 0 Å². The minimum atomic E-state index is -0.172. The number of nitrogens with one attached hydrogen (secondary N) is 3. The molecule has 0 aromatic carbocycles. The molecule has 3 aromatic rings. The summed E-state index contributed by atoms with van der Waals surface area (Å²) in [5, 5.41) is 5.34. The molecule has 1 fully saturated rings. The van der Waals surface area contributed by atoms with Gasteiger partial charge < -0.3 is 10.1 Å². The first-order valence-corrected chi connectivity index (χ1v) is 10.1. The maximum absolute atomic E-state index is 12.1. The standard InChI is InChI=1S/C21H28N6O/c1-4-27(5-2)12-16-13(3)25-17(19(16)14-6-7-14)10-18-20(23-9-8-22-18)15-11-24-26-21(15)28/h8-9,11,14,25H,4-7,10,12H2,1-3H3,(H2,24,26,28). The highest BCUT2D eigenvalue weighted by molar-refractivity contribution is 5.60. The average molecular weight is 380 g/mol. The quantitative estimate of drug-likeness (QED) is 0.560. The number of H-pyrrole nitrogens is 3. The minimum Gasteiger partial charge on any atom is -0.362 e. The van der Waals surface area contributed by atoms with Crippen molar-refractivity contribution in [2.75, 3.05) is 13.1 Å². The molecule has 3 heterocycles. The molecule has 148 valence electrons. The lowest BCUT2D eigenvalue weighted by Crippen LogP contribution is -2.23. The van der Waals surface area contributed by atoms with Crippen molar-refractivity contribution in [2.24, 2.45) is 0 Å². The summed E-state index contributed by atoms with van der Waals surface area (Å²) in [4.78, 5) is 27.2. The van der Waals surface area contributed by atoms with E-state index in [2.05, 4.69) is 50.8 Å². The van der Waals surface area contributed by atoms with Crippen molar-refractivity contribution in [1.82, 2.24) is 30.0 Å². The van der Waals surface area contributed by atoms with Crippen LogP contribution in [0.4, 0.5) is 0 Å². The van der Waals surface area contributed by atoms with E-state index in [9.17, 15) is 4.79 Å². The van der Waals surface area contributed by atoms with Crippen molar-refractivity contribution < 1.29 is 0 Å². The van der Waals surface area contributed by atoms with E-state index in [1.54, 1.807) is 18.6 Å². The molecule has 28 heavy (non-hydrogen) atoms. The molecular weight excluding hydrogens is 352 g/mol. The molecule has 0 unspecified atom stereocenters. The summed E-state index contributed by atoms with van der Waals surface area (Å²) >= 11 is 0. The van der Waals surface area contributed by atoms with Crippen LogP contribution >= 0.6 is 0 Å². The van der Waals surface area contributed by atoms with E-state index in [4.69, 9.17) is 0 Å². The summed E-state index contributed by atoms with van der Waals surface area (Å²) in [6.45, 7) is 9.66. The number of rotatable bonds is 8. The fourth-order valence-corrected chi connectivity index (χ4v) is 4.00. The molecule has 0 radical (unpaired) electrons. The maximum Gasteiger partial charge on any atom is 0.273 e. The third kappa shape index (κ3) is 3.54. The minimum absolute atomic E-state index is 0.172. The third-order valence-corrected chi connectivity index (χ3v) is 5.72. The molecule has 0 amide bonds. The maximum atomic E-state index is 12.1. The van der Waals surface area contributed by atoms with Crippen molar-refractivity contribution in [3.8, 4) is 11.3 Å². The average Bonchev–Trinajstić information content (AvgIpc) is 3.37. The third-order valence-electron chi connectivity index (χ3n) is 5.72. The predicted molar refractivity (Wildman–Crippen MR) is 109 cm³/mol. The molecule has 0 saturated heterocycles. The fraction of sp³-hybridized carbons (Fsp3) is 0.476. The number of nitrogens with zero attached hydrogens (tertiary/aromatic N) is 3. The number of aromatic amines is 3. The Morgan fingerprint density at radius 3 is 2.57 bits per heavy atom. The van der Waals surface area contributed by atoms with Crippen molar-refractivity contribution in [2.45, 2.75) is 52.5 Å². The largest absolute Gasteiger partial charge is 0.362 e. The first-order chi connectivity index (χ1) is 13.6. The van der Waals surface area contributed by atoms with Gasteiger partial charge in [-0.15, -0.1) is 0 Å². The van der Waals surface area contributed by atoms with Gasteiger partial charge in [0.1, 0.15) is 0 Å². The van der Waals surface area contributed by atoms with Crippen LogP contribution in [-0.2, 0) is 13.0 Å². The Morgan fingerprint density at radius 2 is 1.93 bits per heavy atom. The molecule has 0 aliphatic heterocycles. The second-order valence-electron chi connectivity index (χ2n) is 7.54. The normalized spacial score (nSPS) is 14.1. The van der Waals surface area contributed by atoms with Crippen LogP contribution in [0, 0.1) is 6.92 Å². The molecule has 0 bridgehead atoms. The molecular formula is C21H28N6O. The summed E-state index contributed by atoms with van der Waals surface area (Å²) in [5.74, 6) is 0.640. The van der Waals surface area contributed by atoms with Gasteiger partial charge in [-0.1, -0.05) is 13.8 Å². The number of hydrogen-bond acceptors (Lipinski definition) is 4. The SMILES string of the molecule is CCN(CC)Cc1c(C)[nH]c(Cc2nccnc2-c2c[nH][nH]c2=O)c1C1CC1. The van der Waals surface area contributed by atoms with E-state index >= 15 is 0 Å². The second kappa shape index (κ2) is 7.75. The van der Waals surface area contributed by atoms with Crippen LogP contribution in [0.15, 0.2) is 23.4 Å². The molecule has 1 aliphatic rings. The lowest BCUT2D eigenvalue weighted by molar-refractivity contribution is 0.294. The Kier molecular flexibility index (Phi) is 5.17. The zero-order valence-corrected chi connectivity index (χ0v) is 16.8. The monoisotopic (exact) mass is 380 g/mol. The zero-order valence-electron chi connectivity index (χ0n) is 16.8. The first-order valence-electron chi connectivity index (χ1n) is 10.1. The van der Waals surface area contributed by atoms with Crippen LogP contribution in [0.5, 0.6) is 0 Å². The molecule has 3 N–H and O–H groups in total. The highest BCUT2D eigenvalue weighted by Crippen LogP contribution is 2.45. The molecule has 0 atom stereocenters. The van der Waals surface area contributed by atoms with Gasteiger partial charge in [0, 0.05) is 42.9 Å². The van der Waals surface area contributed by atoms with E-state index in [-0.39, 0.29) is 5.56 Å². The van der Waals surface area contributed by atoms with Crippen LogP contribution in [0.2, 0.25) is 0 Å². The van der Waals surface area contributed by atoms with E-state index in [1.807, 2.05) is 0 Å². The van der Waals surface area contributed by atoms with Gasteiger partial charge in [0.15, 0.2) is 0 Å². The van der Waals surface area contributed by atoms with Crippen LogP contribution in [-0.4, -0.2) is 43.1 Å². The molecule has 0 spiro atoms.